The first-order chi connectivity index (χ1) is 9.47. The highest BCUT2D eigenvalue weighted by Crippen LogP contribution is 2.14. The number of methoxy groups -OCH3 is 1. The van der Waals surface area contributed by atoms with Gasteiger partial charge in [0.05, 0.1) is 12.2 Å². The van der Waals surface area contributed by atoms with Crippen molar-refractivity contribution in [1.29, 1.82) is 0 Å². The van der Waals surface area contributed by atoms with Gasteiger partial charge >= 0.3 is 5.97 Å². The fourth-order valence-corrected chi connectivity index (χ4v) is 2.02. The molecule has 0 heterocycles. The Labute approximate surface area is 119 Å². The summed E-state index contributed by atoms with van der Waals surface area (Å²) in [7, 11) is 1.64. The smallest absolute Gasteiger partial charge is 0.335 e. The molecule has 1 atom stereocenters. The lowest BCUT2D eigenvalue weighted by Gasteiger charge is -2.28. The molecule has 1 N–H and O–H groups in total. The zero-order valence-corrected chi connectivity index (χ0v) is 12.2. The second-order valence-corrected chi connectivity index (χ2v) is 4.87. The monoisotopic (exact) mass is 283 g/mol. The number of benzene rings is 1. The summed E-state index contributed by atoms with van der Waals surface area (Å²) < 4.78 is 18.5. The van der Waals surface area contributed by atoms with E-state index in [-0.39, 0.29) is 5.56 Å². The van der Waals surface area contributed by atoms with E-state index < -0.39 is 11.8 Å². The van der Waals surface area contributed by atoms with Gasteiger partial charge in [-0.15, -0.1) is 0 Å². The molecule has 0 spiro atoms. The molecule has 20 heavy (non-hydrogen) atoms. The molecule has 0 fully saturated rings. The molecule has 0 aliphatic rings. The number of carbonyl (C=O) groups is 1. The Morgan fingerprint density at radius 2 is 2.15 bits per heavy atom. The van der Waals surface area contributed by atoms with Crippen molar-refractivity contribution >= 4 is 5.97 Å². The predicted molar refractivity (Wildman–Crippen MR) is 75.4 cm³/mol. The van der Waals surface area contributed by atoms with Crippen molar-refractivity contribution in [3.63, 3.8) is 0 Å². The van der Waals surface area contributed by atoms with Gasteiger partial charge in [0.25, 0.3) is 0 Å². The summed E-state index contributed by atoms with van der Waals surface area (Å²) in [5.74, 6) is -1.63. The van der Waals surface area contributed by atoms with Crippen LogP contribution in [0.3, 0.4) is 0 Å². The van der Waals surface area contributed by atoms with Crippen molar-refractivity contribution in [2.75, 3.05) is 20.3 Å². The first-order valence-corrected chi connectivity index (χ1v) is 6.73. The van der Waals surface area contributed by atoms with Gasteiger partial charge in [-0.3, -0.25) is 4.90 Å². The lowest BCUT2D eigenvalue weighted by molar-refractivity contribution is 0.0696. The van der Waals surface area contributed by atoms with Crippen molar-refractivity contribution in [2.45, 2.75) is 32.9 Å². The molecule has 1 aromatic rings. The van der Waals surface area contributed by atoms with E-state index in [4.69, 9.17) is 9.84 Å². The molecule has 1 aromatic carbocycles. The Balaban J connectivity index is 2.89. The van der Waals surface area contributed by atoms with E-state index in [9.17, 15) is 9.18 Å². The molecule has 0 saturated carbocycles. The van der Waals surface area contributed by atoms with Crippen LogP contribution in [0, 0.1) is 5.82 Å². The first-order valence-electron chi connectivity index (χ1n) is 6.73. The van der Waals surface area contributed by atoms with E-state index in [0.29, 0.717) is 24.8 Å². The molecule has 0 bridgehead atoms. The largest absolute Gasteiger partial charge is 0.478 e. The molecule has 0 aliphatic carbocycles. The van der Waals surface area contributed by atoms with Crippen LogP contribution in [-0.4, -0.2) is 42.3 Å². The number of halogens is 1. The van der Waals surface area contributed by atoms with Gasteiger partial charge in [0, 0.05) is 26.2 Å². The van der Waals surface area contributed by atoms with Gasteiger partial charge in [-0.2, -0.15) is 0 Å². The van der Waals surface area contributed by atoms with E-state index >= 15 is 0 Å². The zero-order valence-electron chi connectivity index (χ0n) is 12.2. The SMILES string of the molecule is CCC(C)N(CCOC)Cc1cc(F)cc(C(=O)O)c1. The maximum absolute atomic E-state index is 13.5. The van der Waals surface area contributed by atoms with Gasteiger partial charge in [0.15, 0.2) is 0 Å². The fraction of sp³-hybridized carbons (Fsp3) is 0.533. The Morgan fingerprint density at radius 3 is 2.70 bits per heavy atom. The highest BCUT2D eigenvalue weighted by atomic mass is 19.1. The van der Waals surface area contributed by atoms with E-state index in [1.165, 1.54) is 12.1 Å². The van der Waals surface area contributed by atoms with Gasteiger partial charge in [0.2, 0.25) is 0 Å². The van der Waals surface area contributed by atoms with Gasteiger partial charge in [-0.25, -0.2) is 9.18 Å². The molecule has 5 heteroatoms. The fourth-order valence-electron chi connectivity index (χ4n) is 2.02. The molecule has 1 unspecified atom stereocenters. The first kappa shape index (κ1) is 16.6. The minimum atomic E-state index is -1.11. The summed E-state index contributed by atoms with van der Waals surface area (Å²) in [6.07, 6.45) is 0.963. The van der Waals surface area contributed by atoms with Crippen molar-refractivity contribution < 1.29 is 19.0 Å². The lowest BCUT2D eigenvalue weighted by atomic mass is 10.1. The number of hydrogen-bond donors (Lipinski definition) is 1. The summed E-state index contributed by atoms with van der Waals surface area (Å²) >= 11 is 0. The minimum Gasteiger partial charge on any atom is -0.478 e. The molecule has 0 aromatic heterocycles. The number of ether oxygens (including phenoxy) is 1. The highest BCUT2D eigenvalue weighted by Gasteiger charge is 2.14. The van der Waals surface area contributed by atoms with Crippen LogP contribution in [0.25, 0.3) is 0 Å². The third-order valence-corrected chi connectivity index (χ3v) is 3.39. The normalized spacial score (nSPS) is 12.7. The number of carboxylic acids is 1. The van der Waals surface area contributed by atoms with Crippen LogP contribution in [0.15, 0.2) is 18.2 Å². The Morgan fingerprint density at radius 1 is 1.45 bits per heavy atom. The quantitative estimate of drug-likeness (QED) is 0.797. The van der Waals surface area contributed by atoms with Crippen molar-refractivity contribution in [3.05, 3.63) is 35.1 Å². The summed E-state index contributed by atoms with van der Waals surface area (Å²) in [6.45, 7) is 6.00. The Kier molecular flexibility index (Phi) is 6.61. The van der Waals surface area contributed by atoms with Crippen LogP contribution >= 0.6 is 0 Å². The summed E-state index contributed by atoms with van der Waals surface area (Å²) in [4.78, 5) is 13.1. The second-order valence-electron chi connectivity index (χ2n) is 4.87. The van der Waals surface area contributed by atoms with Crippen LogP contribution in [0.1, 0.15) is 36.2 Å². The van der Waals surface area contributed by atoms with E-state index in [1.807, 2.05) is 0 Å². The predicted octanol–water partition coefficient (Wildman–Crippen LogP) is 2.77. The van der Waals surface area contributed by atoms with Crippen LogP contribution < -0.4 is 0 Å². The van der Waals surface area contributed by atoms with Gasteiger partial charge in [-0.1, -0.05) is 6.92 Å². The van der Waals surface area contributed by atoms with E-state index in [0.717, 1.165) is 19.0 Å². The maximum Gasteiger partial charge on any atom is 0.335 e. The molecule has 0 amide bonds. The van der Waals surface area contributed by atoms with Crippen molar-refractivity contribution in [1.82, 2.24) is 4.90 Å². The summed E-state index contributed by atoms with van der Waals surface area (Å²) in [6, 6.07) is 4.26. The standard InChI is InChI=1S/C15H22FNO3/c1-4-11(2)17(5-6-20-3)10-12-7-13(15(18)19)9-14(16)8-12/h7-9,11H,4-6,10H2,1-3H3,(H,18,19). The minimum absolute atomic E-state index is 0.0177. The molecule has 1 rings (SSSR count). The maximum atomic E-state index is 13.5. The molecule has 112 valence electrons. The van der Waals surface area contributed by atoms with E-state index in [2.05, 4.69) is 18.7 Å². The second kappa shape index (κ2) is 7.97. The third-order valence-electron chi connectivity index (χ3n) is 3.39. The van der Waals surface area contributed by atoms with Crippen LogP contribution in [-0.2, 0) is 11.3 Å². The molecule has 4 nitrogen and oxygen atoms in total. The summed E-state index contributed by atoms with van der Waals surface area (Å²) in [5.41, 5.74) is 0.648. The third kappa shape index (κ3) is 4.90. The van der Waals surface area contributed by atoms with Crippen LogP contribution in [0.4, 0.5) is 4.39 Å². The van der Waals surface area contributed by atoms with Crippen LogP contribution in [0.5, 0.6) is 0 Å². The number of nitrogens with zero attached hydrogens (tertiary/aromatic N) is 1. The Bertz CT molecular complexity index is 451. The average Bonchev–Trinajstić information content (AvgIpc) is 2.41. The molecule has 0 saturated heterocycles. The van der Waals surface area contributed by atoms with Gasteiger partial charge in [-0.05, 0) is 37.1 Å². The lowest BCUT2D eigenvalue weighted by Crippen LogP contribution is -2.34. The number of carboxylic acid groups (broad SMARTS) is 1. The Hall–Kier alpha value is -1.46. The number of hydrogen-bond acceptors (Lipinski definition) is 3. The average molecular weight is 283 g/mol. The molecular weight excluding hydrogens is 261 g/mol. The topological polar surface area (TPSA) is 49.8 Å². The van der Waals surface area contributed by atoms with Crippen molar-refractivity contribution in [3.8, 4) is 0 Å². The van der Waals surface area contributed by atoms with Crippen LogP contribution in [0.2, 0.25) is 0 Å². The molecule has 0 aliphatic heterocycles. The molecule has 0 radical (unpaired) electrons. The van der Waals surface area contributed by atoms with Gasteiger partial charge < -0.3 is 9.84 Å². The van der Waals surface area contributed by atoms with E-state index in [1.54, 1.807) is 7.11 Å². The molecular formula is C15H22FNO3. The highest BCUT2D eigenvalue weighted by molar-refractivity contribution is 5.87. The number of aromatic carboxylic acids is 1. The van der Waals surface area contributed by atoms with Crippen molar-refractivity contribution in [2.24, 2.45) is 0 Å². The van der Waals surface area contributed by atoms with Gasteiger partial charge in [0.1, 0.15) is 5.82 Å². The zero-order chi connectivity index (χ0) is 15.1. The number of rotatable bonds is 8. The summed E-state index contributed by atoms with van der Waals surface area (Å²) in [5, 5.41) is 8.96.